The molecule has 0 aliphatic carbocycles. The van der Waals surface area contributed by atoms with E-state index in [-0.39, 0.29) is 27.1 Å². The van der Waals surface area contributed by atoms with Gasteiger partial charge in [0.15, 0.2) is 5.82 Å². The van der Waals surface area contributed by atoms with E-state index in [9.17, 15) is 13.2 Å². The molecule has 0 saturated carbocycles. The van der Waals surface area contributed by atoms with Crippen LogP contribution in [-0.4, -0.2) is 4.98 Å². The van der Waals surface area contributed by atoms with Crippen LogP contribution >= 0.6 is 23.2 Å². The largest absolute Gasteiger partial charge is 0.416 e. The molecule has 0 amide bonds. The summed E-state index contributed by atoms with van der Waals surface area (Å²) in [5, 5.41) is 11.5. The summed E-state index contributed by atoms with van der Waals surface area (Å²) in [4.78, 5) is 3.88. The van der Waals surface area contributed by atoms with Crippen LogP contribution in [-0.2, 0) is 6.18 Å². The lowest BCUT2D eigenvalue weighted by molar-refractivity contribution is -0.137. The fourth-order valence-corrected chi connectivity index (χ4v) is 1.91. The molecule has 1 aromatic carbocycles. The van der Waals surface area contributed by atoms with Gasteiger partial charge in [-0.3, -0.25) is 0 Å². The smallest absolute Gasteiger partial charge is 0.338 e. The normalized spacial score (nSPS) is 11.0. The zero-order chi connectivity index (χ0) is 15.6. The Morgan fingerprint density at radius 2 is 1.90 bits per heavy atom. The number of hydrogen-bond acceptors (Lipinski definition) is 3. The quantitative estimate of drug-likeness (QED) is 0.840. The summed E-state index contributed by atoms with van der Waals surface area (Å²) in [6.45, 7) is 0. The van der Waals surface area contributed by atoms with Crippen molar-refractivity contribution < 1.29 is 13.2 Å². The van der Waals surface area contributed by atoms with Gasteiger partial charge in [-0.05, 0) is 24.3 Å². The van der Waals surface area contributed by atoms with Gasteiger partial charge in [-0.25, -0.2) is 4.98 Å². The average molecular weight is 332 g/mol. The topological polar surface area (TPSA) is 48.7 Å². The highest BCUT2D eigenvalue weighted by atomic mass is 35.5. The molecule has 0 radical (unpaired) electrons. The number of rotatable bonds is 2. The summed E-state index contributed by atoms with van der Waals surface area (Å²) < 4.78 is 38.0. The molecule has 2 aromatic rings. The molecule has 21 heavy (non-hydrogen) atoms. The van der Waals surface area contributed by atoms with Gasteiger partial charge in [0.1, 0.15) is 11.1 Å². The van der Waals surface area contributed by atoms with Crippen molar-refractivity contribution >= 4 is 34.7 Å². The molecular formula is C13H6Cl2F3N3. The number of nitriles is 1. The number of halogens is 5. The van der Waals surface area contributed by atoms with Gasteiger partial charge >= 0.3 is 6.18 Å². The van der Waals surface area contributed by atoms with Gasteiger partial charge in [0.05, 0.1) is 21.8 Å². The number of nitrogens with one attached hydrogen (secondary N) is 1. The van der Waals surface area contributed by atoms with E-state index in [1.807, 2.05) is 6.07 Å². The predicted octanol–water partition coefficient (Wildman–Crippen LogP) is 5.02. The Kier molecular flexibility index (Phi) is 4.26. The third-order valence-corrected chi connectivity index (χ3v) is 3.27. The first-order valence-corrected chi connectivity index (χ1v) is 6.27. The lowest BCUT2D eigenvalue weighted by Gasteiger charge is -2.13. The van der Waals surface area contributed by atoms with Crippen molar-refractivity contribution in [2.45, 2.75) is 6.18 Å². The van der Waals surface area contributed by atoms with Crippen LogP contribution in [0.15, 0.2) is 30.5 Å². The minimum absolute atomic E-state index is 0.00372. The lowest BCUT2D eigenvalue weighted by atomic mass is 10.2. The number of nitrogens with zero attached hydrogens (tertiary/aromatic N) is 2. The average Bonchev–Trinajstić information content (AvgIpc) is 2.42. The van der Waals surface area contributed by atoms with Crippen LogP contribution in [0.2, 0.25) is 10.0 Å². The van der Waals surface area contributed by atoms with Crippen molar-refractivity contribution in [1.82, 2.24) is 4.98 Å². The number of anilines is 2. The molecule has 8 heteroatoms. The molecule has 3 nitrogen and oxygen atoms in total. The highest BCUT2D eigenvalue weighted by Gasteiger charge is 2.31. The fourth-order valence-electron chi connectivity index (χ4n) is 1.54. The van der Waals surface area contributed by atoms with Gasteiger partial charge in [0.2, 0.25) is 0 Å². The van der Waals surface area contributed by atoms with E-state index in [1.54, 1.807) is 0 Å². The summed E-state index contributed by atoms with van der Waals surface area (Å²) in [7, 11) is 0. The van der Waals surface area contributed by atoms with Crippen molar-refractivity contribution in [2.24, 2.45) is 0 Å². The third kappa shape index (κ3) is 3.38. The first kappa shape index (κ1) is 15.4. The van der Waals surface area contributed by atoms with Crippen molar-refractivity contribution in [3.05, 3.63) is 51.6 Å². The lowest BCUT2D eigenvalue weighted by Crippen LogP contribution is -2.06. The Morgan fingerprint density at radius 3 is 2.52 bits per heavy atom. The molecule has 2 rings (SSSR count). The maximum atomic E-state index is 12.7. The Morgan fingerprint density at radius 1 is 1.19 bits per heavy atom. The maximum Gasteiger partial charge on any atom is 0.416 e. The van der Waals surface area contributed by atoms with Gasteiger partial charge in [-0.2, -0.15) is 18.4 Å². The molecule has 0 bridgehead atoms. The molecule has 0 atom stereocenters. The second kappa shape index (κ2) is 5.80. The van der Waals surface area contributed by atoms with E-state index in [4.69, 9.17) is 28.5 Å². The first-order valence-electron chi connectivity index (χ1n) is 5.51. The Hall–Kier alpha value is -1.97. The van der Waals surface area contributed by atoms with Crippen LogP contribution < -0.4 is 5.32 Å². The van der Waals surface area contributed by atoms with E-state index < -0.39 is 11.7 Å². The molecule has 0 spiro atoms. The van der Waals surface area contributed by atoms with Crippen molar-refractivity contribution in [1.29, 1.82) is 5.26 Å². The number of hydrogen-bond donors (Lipinski definition) is 1. The minimum Gasteiger partial charge on any atom is -0.338 e. The number of alkyl halides is 3. The molecule has 0 unspecified atom stereocenters. The van der Waals surface area contributed by atoms with E-state index in [1.165, 1.54) is 12.3 Å². The monoisotopic (exact) mass is 331 g/mol. The Balaban J connectivity index is 2.43. The highest BCUT2D eigenvalue weighted by Crippen LogP contribution is 2.36. The Bertz CT molecular complexity index is 724. The fraction of sp³-hybridized carbons (Fsp3) is 0.0769. The zero-order valence-electron chi connectivity index (χ0n) is 10.2. The second-order valence-electron chi connectivity index (χ2n) is 3.95. The summed E-state index contributed by atoms with van der Waals surface area (Å²) in [5.41, 5.74) is -0.713. The highest BCUT2D eigenvalue weighted by molar-refractivity contribution is 6.35. The number of aromatic nitrogens is 1. The third-order valence-electron chi connectivity index (χ3n) is 2.56. The van der Waals surface area contributed by atoms with Crippen LogP contribution in [0.4, 0.5) is 24.7 Å². The van der Waals surface area contributed by atoms with Crippen LogP contribution in [0.3, 0.4) is 0 Å². The van der Waals surface area contributed by atoms with E-state index >= 15 is 0 Å². The molecular weight excluding hydrogens is 326 g/mol. The zero-order valence-corrected chi connectivity index (χ0v) is 11.7. The van der Waals surface area contributed by atoms with Crippen molar-refractivity contribution in [3.8, 4) is 6.07 Å². The SMILES string of the molecule is N#Cc1ccnc(Nc2cc(C(F)(F)F)ccc2Cl)c1Cl. The number of pyridine rings is 1. The molecule has 0 saturated heterocycles. The molecule has 1 N–H and O–H groups in total. The van der Waals surface area contributed by atoms with Crippen LogP contribution in [0.5, 0.6) is 0 Å². The van der Waals surface area contributed by atoms with Gasteiger partial charge in [0, 0.05) is 6.20 Å². The van der Waals surface area contributed by atoms with Gasteiger partial charge in [-0.1, -0.05) is 23.2 Å². The van der Waals surface area contributed by atoms with Gasteiger partial charge < -0.3 is 5.32 Å². The van der Waals surface area contributed by atoms with Crippen molar-refractivity contribution in [2.75, 3.05) is 5.32 Å². The molecule has 0 aliphatic heterocycles. The van der Waals surface area contributed by atoms with Gasteiger partial charge in [-0.15, -0.1) is 0 Å². The van der Waals surface area contributed by atoms with E-state index in [0.29, 0.717) is 0 Å². The summed E-state index contributed by atoms with van der Waals surface area (Å²) in [6, 6.07) is 6.07. The minimum atomic E-state index is -4.49. The molecule has 108 valence electrons. The molecule has 1 aromatic heterocycles. The van der Waals surface area contributed by atoms with E-state index in [0.717, 1.165) is 18.2 Å². The van der Waals surface area contributed by atoms with Crippen LogP contribution in [0.25, 0.3) is 0 Å². The summed E-state index contributed by atoms with van der Waals surface area (Å²) in [6.07, 6.45) is -3.18. The predicted molar refractivity (Wildman–Crippen MR) is 73.7 cm³/mol. The molecule has 0 aliphatic rings. The van der Waals surface area contributed by atoms with Gasteiger partial charge in [0.25, 0.3) is 0 Å². The Labute approximate surface area is 127 Å². The maximum absolute atomic E-state index is 12.7. The summed E-state index contributed by atoms with van der Waals surface area (Å²) in [5.74, 6) is 0.0527. The summed E-state index contributed by atoms with van der Waals surface area (Å²) >= 11 is 11.8. The standard InChI is InChI=1S/C13H6Cl2F3N3/c14-9-2-1-8(13(16,17)18)5-10(9)21-12-11(15)7(6-19)3-4-20-12/h1-5H,(H,20,21). The van der Waals surface area contributed by atoms with Crippen LogP contribution in [0, 0.1) is 11.3 Å². The first-order chi connectivity index (χ1) is 9.82. The molecule has 1 heterocycles. The second-order valence-corrected chi connectivity index (χ2v) is 4.74. The number of benzene rings is 1. The van der Waals surface area contributed by atoms with E-state index in [2.05, 4.69) is 10.3 Å². The van der Waals surface area contributed by atoms with Crippen LogP contribution in [0.1, 0.15) is 11.1 Å². The van der Waals surface area contributed by atoms with Crippen molar-refractivity contribution in [3.63, 3.8) is 0 Å². The molecule has 0 fully saturated rings.